The molecule has 0 rings (SSSR count). The van der Waals surface area contributed by atoms with E-state index in [2.05, 4.69) is 0 Å². The summed E-state index contributed by atoms with van der Waals surface area (Å²) in [5.74, 6) is -49.2. The Morgan fingerprint density at radius 2 is 0.731 bits per heavy atom. The van der Waals surface area contributed by atoms with Crippen LogP contribution in [0.25, 0.3) is 0 Å². The van der Waals surface area contributed by atoms with Gasteiger partial charge in [0.2, 0.25) is 0 Å². The van der Waals surface area contributed by atoms with Gasteiger partial charge in [-0.05, 0) is 4.53 Å². The van der Waals surface area contributed by atoms with Crippen LogP contribution in [-0.4, -0.2) is 48.1 Å². The minimum absolute atomic E-state index is 1.33. The molecule has 158 valence electrons. The number of halogens is 17. The molecule has 0 spiro atoms. The summed E-state index contributed by atoms with van der Waals surface area (Å²) in [5.41, 5.74) is 0. The van der Waals surface area contributed by atoms with Crippen LogP contribution >= 0.6 is 0 Å². The topological polar surface area (TPSA) is 9.23 Å². The SMILES string of the molecule is FOC(F)C(F)(F)C(F)(F)C(F)(F)C(F)(F)C(F)(F)C(F)(F)C(F)(F)F. The molecular weight excluding hydrogens is 435 g/mol. The Kier molecular flexibility index (Phi) is 5.86. The first-order chi connectivity index (χ1) is 11.0. The van der Waals surface area contributed by atoms with Crippen molar-refractivity contribution in [3.05, 3.63) is 0 Å². The summed E-state index contributed by atoms with van der Waals surface area (Å²) < 4.78 is 211. The highest BCUT2D eigenvalue weighted by Gasteiger charge is 2.94. The average molecular weight is 436 g/mol. The fourth-order valence-electron chi connectivity index (χ4n) is 1.18. The zero-order chi connectivity index (χ0) is 21.8. The fourth-order valence-corrected chi connectivity index (χ4v) is 1.18. The van der Waals surface area contributed by atoms with Crippen LogP contribution in [0, 0.1) is 0 Å². The van der Waals surface area contributed by atoms with Crippen molar-refractivity contribution in [3.63, 3.8) is 0 Å². The Labute approximate surface area is 129 Å². The van der Waals surface area contributed by atoms with Crippen LogP contribution in [0.5, 0.6) is 0 Å². The maximum atomic E-state index is 12.9. The molecule has 1 nitrogen and oxygen atoms in total. The molecule has 0 aliphatic carbocycles. The lowest BCUT2D eigenvalue weighted by atomic mass is 9.91. The molecule has 0 aromatic carbocycles. The van der Waals surface area contributed by atoms with E-state index in [9.17, 15) is 74.8 Å². The highest BCUT2D eigenvalue weighted by molar-refractivity contribution is 5.13. The largest absolute Gasteiger partial charge is 0.460 e. The summed E-state index contributed by atoms with van der Waals surface area (Å²) in [4.78, 5) is 1.33. The molecular formula is C8HF17O. The lowest BCUT2D eigenvalue weighted by molar-refractivity contribution is -0.463. The van der Waals surface area contributed by atoms with E-state index >= 15 is 0 Å². The molecule has 0 heterocycles. The summed E-state index contributed by atoms with van der Waals surface area (Å²) in [6.45, 7) is 0. The molecule has 0 N–H and O–H groups in total. The van der Waals surface area contributed by atoms with Gasteiger partial charge < -0.3 is 0 Å². The molecule has 0 aromatic heterocycles. The number of hydrogen-bond donors (Lipinski definition) is 0. The Morgan fingerprint density at radius 1 is 0.462 bits per heavy atom. The Bertz CT molecular complexity index is 503. The number of rotatable bonds is 7. The minimum Gasteiger partial charge on any atom is -0.205 e. The second-order valence-corrected chi connectivity index (χ2v) is 4.40. The van der Waals surface area contributed by atoms with E-state index in [0.29, 0.717) is 0 Å². The molecule has 26 heavy (non-hydrogen) atoms. The van der Waals surface area contributed by atoms with Crippen LogP contribution in [-0.2, 0) is 4.94 Å². The summed E-state index contributed by atoms with van der Waals surface area (Å²) in [5, 5.41) is 0. The molecule has 0 saturated heterocycles. The highest BCUT2D eigenvalue weighted by atomic mass is 19.4. The first-order valence-corrected chi connectivity index (χ1v) is 5.23. The first-order valence-electron chi connectivity index (χ1n) is 5.23. The van der Waals surface area contributed by atoms with Gasteiger partial charge in [0.15, 0.2) is 0 Å². The van der Waals surface area contributed by atoms with Gasteiger partial charge in [-0.1, -0.05) is 0 Å². The number of hydrogen-bond acceptors (Lipinski definition) is 1. The van der Waals surface area contributed by atoms with Crippen LogP contribution < -0.4 is 0 Å². The van der Waals surface area contributed by atoms with Crippen molar-refractivity contribution in [2.24, 2.45) is 0 Å². The van der Waals surface area contributed by atoms with Crippen molar-refractivity contribution < 1.29 is 79.7 Å². The van der Waals surface area contributed by atoms with E-state index in [-0.39, 0.29) is 0 Å². The van der Waals surface area contributed by atoms with Gasteiger partial charge in [-0.3, -0.25) is 0 Å². The Balaban J connectivity index is 6.51. The van der Waals surface area contributed by atoms with Crippen molar-refractivity contribution in [2.45, 2.75) is 48.1 Å². The Morgan fingerprint density at radius 3 is 1.00 bits per heavy atom. The molecule has 0 aliphatic heterocycles. The van der Waals surface area contributed by atoms with Gasteiger partial charge in [0, 0.05) is 0 Å². The second-order valence-electron chi connectivity index (χ2n) is 4.40. The van der Waals surface area contributed by atoms with E-state index in [0.717, 1.165) is 0 Å². The Hall–Kier alpha value is -1.23. The molecule has 0 radical (unpaired) electrons. The maximum Gasteiger partial charge on any atom is 0.460 e. The lowest BCUT2D eigenvalue weighted by Gasteiger charge is -2.41. The van der Waals surface area contributed by atoms with Crippen molar-refractivity contribution in [3.8, 4) is 0 Å². The predicted octanol–water partition coefficient (Wildman–Crippen LogP) is 5.56. The van der Waals surface area contributed by atoms with Crippen molar-refractivity contribution in [1.82, 2.24) is 0 Å². The number of alkyl halides is 16. The van der Waals surface area contributed by atoms with Gasteiger partial charge in [-0.2, -0.15) is 65.9 Å². The van der Waals surface area contributed by atoms with E-state index in [1.54, 1.807) is 0 Å². The van der Waals surface area contributed by atoms with Gasteiger partial charge in [0.1, 0.15) is 0 Å². The normalized spacial score (nSPS) is 17.4. The quantitative estimate of drug-likeness (QED) is 0.476. The smallest absolute Gasteiger partial charge is 0.205 e. The molecule has 1 unspecified atom stereocenters. The molecule has 0 aromatic rings. The molecule has 0 saturated carbocycles. The van der Waals surface area contributed by atoms with Crippen LogP contribution in [0.4, 0.5) is 74.8 Å². The molecule has 0 fully saturated rings. The summed E-state index contributed by atoms with van der Waals surface area (Å²) in [6, 6.07) is 0. The van der Waals surface area contributed by atoms with Gasteiger partial charge in [-0.15, -0.1) is 4.94 Å². The summed E-state index contributed by atoms with van der Waals surface area (Å²) in [6.07, 6.45) is -13.3. The molecule has 0 bridgehead atoms. The molecule has 18 heteroatoms. The van der Waals surface area contributed by atoms with Crippen molar-refractivity contribution in [1.29, 1.82) is 0 Å². The van der Waals surface area contributed by atoms with Crippen LogP contribution in [0.1, 0.15) is 0 Å². The van der Waals surface area contributed by atoms with E-state index in [1.807, 2.05) is 0 Å². The minimum atomic E-state index is -8.55. The predicted molar refractivity (Wildman–Crippen MR) is 42.8 cm³/mol. The third-order valence-corrected chi connectivity index (χ3v) is 2.72. The monoisotopic (exact) mass is 436 g/mol. The van der Waals surface area contributed by atoms with Gasteiger partial charge in [0.05, 0.1) is 0 Å². The third kappa shape index (κ3) is 2.92. The standard InChI is InChI=1S/C8HF17O/c9-1(26-25)2(10,11)3(12,13)4(14,15)5(16,17)6(18,19)7(20,21)8(22,23)24/h1H. The average Bonchev–Trinajstić information content (AvgIpc) is 2.43. The maximum absolute atomic E-state index is 12.9. The van der Waals surface area contributed by atoms with Crippen LogP contribution in [0.2, 0.25) is 0 Å². The fraction of sp³-hybridized carbons (Fsp3) is 1.00. The second kappa shape index (κ2) is 6.15. The lowest BCUT2D eigenvalue weighted by Crippen LogP contribution is -2.73. The van der Waals surface area contributed by atoms with Crippen molar-refractivity contribution >= 4 is 0 Å². The summed E-state index contributed by atoms with van der Waals surface area (Å²) in [7, 11) is 0. The zero-order valence-corrected chi connectivity index (χ0v) is 10.9. The van der Waals surface area contributed by atoms with Crippen LogP contribution in [0.15, 0.2) is 0 Å². The highest BCUT2D eigenvalue weighted by Crippen LogP contribution is 2.62. The molecule has 1 atom stereocenters. The molecule has 0 aliphatic rings. The summed E-state index contributed by atoms with van der Waals surface area (Å²) >= 11 is 0. The molecule has 0 amide bonds. The van der Waals surface area contributed by atoms with Crippen LogP contribution in [0.3, 0.4) is 0 Å². The first kappa shape index (κ1) is 24.8. The van der Waals surface area contributed by atoms with Gasteiger partial charge >= 0.3 is 48.1 Å². The van der Waals surface area contributed by atoms with Gasteiger partial charge in [-0.25, -0.2) is 4.39 Å². The van der Waals surface area contributed by atoms with Crippen molar-refractivity contribution in [2.75, 3.05) is 0 Å². The van der Waals surface area contributed by atoms with E-state index in [4.69, 9.17) is 0 Å². The van der Waals surface area contributed by atoms with E-state index < -0.39 is 48.1 Å². The third-order valence-electron chi connectivity index (χ3n) is 2.72. The van der Waals surface area contributed by atoms with E-state index in [1.165, 1.54) is 4.94 Å². The zero-order valence-electron chi connectivity index (χ0n) is 10.9. The van der Waals surface area contributed by atoms with Gasteiger partial charge in [0.25, 0.3) is 0 Å².